The molecule has 0 aliphatic carbocycles. The zero-order valence-corrected chi connectivity index (χ0v) is 10.1. The Kier molecular flexibility index (Phi) is 3.22. The Bertz CT molecular complexity index is 351. The van der Waals surface area contributed by atoms with Gasteiger partial charge in [0, 0.05) is 19.6 Å². The minimum Gasteiger partial charge on any atom is -0.338 e. The van der Waals surface area contributed by atoms with E-state index in [4.69, 9.17) is 10.3 Å². The second-order valence-electron chi connectivity index (χ2n) is 4.54. The number of hydrogen-bond acceptors (Lipinski definition) is 6. The average molecular weight is 225 g/mol. The van der Waals surface area contributed by atoms with Crippen molar-refractivity contribution in [3.8, 4) is 0 Å². The summed E-state index contributed by atoms with van der Waals surface area (Å²) in [5.74, 6) is 1.25. The van der Waals surface area contributed by atoms with E-state index in [1.807, 2.05) is 6.92 Å². The van der Waals surface area contributed by atoms with Crippen LogP contribution in [0.3, 0.4) is 0 Å². The zero-order valence-electron chi connectivity index (χ0n) is 10.1. The lowest BCUT2D eigenvalue weighted by Crippen LogP contribution is -2.45. The number of hydrogen-bond donors (Lipinski definition) is 1. The summed E-state index contributed by atoms with van der Waals surface area (Å²) in [6.07, 6.45) is 0. The first kappa shape index (κ1) is 11.5. The van der Waals surface area contributed by atoms with Crippen molar-refractivity contribution in [3.05, 3.63) is 11.7 Å². The first-order chi connectivity index (χ1) is 7.58. The lowest BCUT2D eigenvalue weighted by molar-refractivity contribution is 0.108. The van der Waals surface area contributed by atoms with E-state index in [0.29, 0.717) is 5.89 Å². The van der Waals surface area contributed by atoms with Crippen LogP contribution in [0.1, 0.15) is 30.7 Å². The molecule has 90 valence electrons. The van der Waals surface area contributed by atoms with Crippen molar-refractivity contribution < 1.29 is 4.52 Å². The van der Waals surface area contributed by atoms with Gasteiger partial charge in [-0.1, -0.05) is 5.16 Å². The molecule has 1 saturated heterocycles. The van der Waals surface area contributed by atoms with Crippen molar-refractivity contribution in [1.82, 2.24) is 19.9 Å². The van der Waals surface area contributed by atoms with Gasteiger partial charge in [-0.15, -0.1) is 0 Å². The monoisotopic (exact) mass is 225 g/mol. The molecule has 0 aromatic carbocycles. The largest absolute Gasteiger partial charge is 0.338 e. The fraction of sp³-hybridized carbons (Fsp3) is 0.800. The molecule has 0 bridgehead atoms. The smallest absolute Gasteiger partial charge is 0.243 e. The molecule has 16 heavy (non-hydrogen) atoms. The van der Waals surface area contributed by atoms with Crippen LogP contribution in [0, 0.1) is 0 Å². The molecular weight excluding hydrogens is 206 g/mol. The highest BCUT2D eigenvalue weighted by Gasteiger charge is 2.28. The topological polar surface area (TPSA) is 71.4 Å². The molecule has 0 saturated carbocycles. The van der Waals surface area contributed by atoms with Crippen molar-refractivity contribution in [2.45, 2.75) is 19.0 Å². The molecule has 0 amide bonds. The van der Waals surface area contributed by atoms with Gasteiger partial charge in [-0.05, 0) is 21.0 Å². The third-order valence-corrected chi connectivity index (χ3v) is 3.00. The van der Waals surface area contributed by atoms with E-state index in [9.17, 15) is 0 Å². The van der Waals surface area contributed by atoms with Crippen LogP contribution < -0.4 is 5.73 Å². The van der Waals surface area contributed by atoms with Gasteiger partial charge < -0.3 is 15.2 Å². The molecule has 1 aromatic heterocycles. The highest BCUT2D eigenvalue weighted by Crippen LogP contribution is 2.21. The minimum atomic E-state index is -0.201. The summed E-state index contributed by atoms with van der Waals surface area (Å²) in [6.45, 7) is 4.86. The molecule has 1 aromatic rings. The van der Waals surface area contributed by atoms with Crippen molar-refractivity contribution in [3.63, 3.8) is 0 Å². The van der Waals surface area contributed by atoms with Crippen molar-refractivity contribution in [2.24, 2.45) is 5.73 Å². The highest BCUT2D eigenvalue weighted by molar-refractivity contribution is 4.99. The number of rotatable bonds is 2. The number of piperazine rings is 1. The van der Waals surface area contributed by atoms with Gasteiger partial charge in [-0.2, -0.15) is 4.98 Å². The number of aromatic nitrogens is 2. The maximum absolute atomic E-state index is 5.70. The van der Waals surface area contributed by atoms with Gasteiger partial charge in [0.05, 0.1) is 12.1 Å². The van der Waals surface area contributed by atoms with Gasteiger partial charge in [0.15, 0.2) is 5.82 Å². The predicted molar refractivity (Wildman–Crippen MR) is 59.8 cm³/mol. The molecule has 6 heteroatoms. The molecule has 2 atom stereocenters. The van der Waals surface area contributed by atoms with Crippen molar-refractivity contribution in [1.29, 1.82) is 0 Å². The highest BCUT2D eigenvalue weighted by atomic mass is 16.5. The lowest BCUT2D eigenvalue weighted by atomic mass is 10.2. The molecule has 2 rings (SSSR count). The Labute approximate surface area is 95.4 Å². The molecule has 1 aliphatic rings. The van der Waals surface area contributed by atoms with E-state index >= 15 is 0 Å². The van der Waals surface area contributed by atoms with E-state index < -0.39 is 0 Å². The van der Waals surface area contributed by atoms with Gasteiger partial charge in [-0.25, -0.2) is 0 Å². The average Bonchev–Trinajstić information content (AvgIpc) is 2.70. The Morgan fingerprint density at radius 3 is 2.81 bits per heavy atom. The molecule has 1 fully saturated rings. The Balaban J connectivity index is 2.15. The van der Waals surface area contributed by atoms with E-state index in [2.05, 4.69) is 34.0 Å². The first-order valence-corrected chi connectivity index (χ1v) is 5.56. The van der Waals surface area contributed by atoms with Crippen LogP contribution in [0.25, 0.3) is 0 Å². The number of likely N-dealkylation sites (N-methyl/N-ethyl adjacent to an activating group) is 2. The second-order valence-corrected chi connectivity index (χ2v) is 4.54. The summed E-state index contributed by atoms with van der Waals surface area (Å²) in [4.78, 5) is 8.86. The SMILES string of the molecule is C[C@H](N)c1nc(C2CN(C)CCN2C)no1. The van der Waals surface area contributed by atoms with Gasteiger partial charge in [0.25, 0.3) is 0 Å². The Hall–Kier alpha value is -0.980. The molecule has 2 heterocycles. The summed E-state index contributed by atoms with van der Waals surface area (Å²) < 4.78 is 5.13. The number of nitrogens with two attached hydrogens (primary N) is 1. The maximum atomic E-state index is 5.70. The van der Waals surface area contributed by atoms with Gasteiger partial charge >= 0.3 is 0 Å². The standard InChI is InChI=1S/C10H19N5O/c1-7(11)10-12-9(13-16-10)8-6-14(2)4-5-15(8)3/h7-8H,4-6,11H2,1-3H3/t7-,8?/m0/s1. The summed E-state index contributed by atoms with van der Waals surface area (Å²) >= 11 is 0. The van der Waals surface area contributed by atoms with Crippen LogP contribution in [-0.4, -0.2) is 53.7 Å². The molecule has 1 unspecified atom stereocenters. The van der Waals surface area contributed by atoms with Crippen molar-refractivity contribution >= 4 is 0 Å². The van der Waals surface area contributed by atoms with Crippen LogP contribution in [0.2, 0.25) is 0 Å². The first-order valence-electron chi connectivity index (χ1n) is 5.56. The lowest BCUT2D eigenvalue weighted by Gasteiger charge is -2.35. The quantitative estimate of drug-likeness (QED) is 0.764. The van der Waals surface area contributed by atoms with Crippen LogP contribution in [0.4, 0.5) is 0 Å². The molecule has 1 aliphatic heterocycles. The minimum absolute atomic E-state index is 0.201. The number of nitrogens with zero attached hydrogens (tertiary/aromatic N) is 4. The fourth-order valence-corrected chi connectivity index (χ4v) is 1.86. The van der Waals surface area contributed by atoms with Gasteiger partial charge in [-0.3, -0.25) is 4.90 Å². The van der Waals surface area contributed by atoms with Crippen LogP contribution >= 0.6 is 0 Å². The van der Waals surface area contributed by atoms with Crippen LogP contribution in [0.15, 0.2) is 4.52 Å². The molecule has 0 radical (unpaired) electrons. The van der Waals surface area contributed by atoms with E-state index in [1.54, 1.807) is 0 Å². The van der Waals surface area contributed by atoms with E-state index in [0.717, 1.165) is 25.5 Å². The van der Waals surface area contributed by atoms with E-state index in [1.165, 1.54) is 0 Å². The Morgan fingerprint density at radius 2 is 2.19 bits per heavy atom. The maximum Gasteiger partial charge on any atom is 0.243 e. The summed E-state index contributed by atoms with van der Waals surface area (Å²) in [5, 5.41) is 4.01. The summed E-state index contributed by atoms with van der Waals surface area (Å²) in [6, 6.07) is 0.00266. The van der Waals surface area contributed by atoms with E-state index in [-0.39, 0.29) is 12.1 Å². The third kappa shape index (κ3) is 2.23. The fourth-order valence-electron chi connectivity index (χ4n) is 1.86. The predicted octanol–water partition coefficient (Wildman–Crippen LogP) is 0.00760. The normalized spacial score (nSPS) is 25.9. The zero-order chi connectivity index (χ0) is 11.7. The van der Waals surface area contributed by atoms with Crippen LogP contribution in [0.5, 0.6) is 0 Å². The van der Waals surface area contributed by atoms with Gasteiger partial charge in [0.2, 0.25) is 5.89 Å². The molecular formula is C10H19N5O. The van der Waals surface area contributed by atoms with Gasteiger partial charge in [0.1, 0.15) is 0 Å². The van der Waals surface area contributed by atoms with Crippen molar-refractivity contribution in [2.75, 3.05) is 33.7 Å². The third-order valence-electron chi connectivity index (χ3n) is 3.00. The van der Waals surface area contributed by atoms with Crippen LogP contribution in [-0.2, 0) is 0 Å². The molecule has 6 nitrogen and oxygen atoms in total. The second kappa shape index (κ2) is 4.48. The summed E-state index contributed by atoms with van der Waals surface area (Å²) in [5.41, 5.74) is 5.70. The Morgan fingerprint density at radius 1 is 1.44 bits per heavy atom. The molecule has 0 spiro atoms. The summed E-state index contributed by atoms with van der Waals surface area (Å²) in [7, 11) is 4.19. The molecule has 2 N–H and O–H groups in total.